The fourth-order valence-corrected chi connectivity index (χ4v) is 1.99. The Morgan fingerprint density at radius 2 is 2.23 bits per heavy atom. The number of nitrogens with zero attached hydrogens (tertiary/aromatic N) is 1. The second kappa shape index (κ2) is 2.98. The van der Waals surface area contributed by atoms with E-state index in [0.29, 0.717) is 5.69 Å². The lowest BCUT2D eigenvalue weighted by molar-refractivity contribution is 0.111. The molecule has 1 aromatic rings. The van der Waals surface area contributed by atoms with Gasteiger partial charge in [-0.05, 0) is 12.8 Å². The highest BCUT2D eigenvalue weighted by atomic mass is 16.3. The minimum Gasteiger partial charge on any atom is -0.448 e. The van der Waals surface area contributed by atoms with Crippen LogP contribution in [0.25, 0.3) is 0 Å². The van der Waals surface area contributed by atoms with Crippen molar-refractivity contribution in [2.24, 2.45) is 0 Å². The van der Waals surface area contributed by atoms with Gasteiger partial charge in [-0.15, -0.1) is 0 Å². The van der Waals surface area contributed by atoms with Gasteiger partial charge in [0.05, 0.1) is 0 Å². The number of aldehydes is 1. The fraction of sp³-hybridized carbons (Fsp3) is 0.600. The number of carbonyl (C=O) groups excluding carboxylic acids is 1. The zero-order valence-electron chi connectivity index (χ0n) is 7.75. The van der Waals surface area contributed by atoms with Crippen molar-refractivity contribution in [2.75, 3.05) is 0 Å². The highest BCUT2D eigenvalue weighted by Gasteiger charge is 2.34. The van der Waals surface area contributed by atoms with Crippen LogP contribution >= 0.6 is 0 Å². The maximum Gasteiger partial charge on any atom is 0.200 e. The molecule has 1 aliphatic rings. The SMILES string of the molecule is CC1(c2nc(C=O)co2)CCCC1. The Kier molecular flexibility index (Phi) is 1.94. The van der Waals surface area contributed by atoms with Gasteiger partial charge in [-0.2, -0.15) is 0 Å². The smallest absolute Gasteiger partial charge is 0.200 e. The molecule has 0 aliphatic heterocycles. The van der Waals surface area contributed by atoms with Gasteiger partial charge in [0.25, 0.3) is 0 Å². The first kappa shape index (κ1) is 8.48. The quantitative estimate of drug-likeness (QED) is 0.654. The van der Waals surface area contributed by atoms with Gasteiger partial charge in [-0.1, -0.05) is 19.8 Å². The Bertz CT molecular complexity index is 310. The first-order valence-corrected chi connectivity index (χ1v) is 4.66. The molecule has 70 valence electrons. The average molecular weight is 179 g/mol. The van der Waals surface area contributed by atoms with Crippen molar-refractivity contribution >= 4 is 6.29 Å². The second-order valence-electron chi connectivity index (χ2n) is 3.96. The van der Waals surface area contributed by atoms with Gasteiger partial charge in [0.1, 0.15) is 12.0 Å². The normalized spacial score (nSPS) is 20.4. The van der Waals surface area contributed by atoms with Gasteiger partial charge in [0, 0.05) is 5.41 Å². The number of carbonyl (C=O) groups is 1. The van der Waals surface area contributed by atoms with Gasteiger partial charge < -0.3 is 4.42 Å². The zero-order valence-corrected chi connectivity index (χ0v) is 7.75. The van der Waals surface area contributed by atoms with Crippen LogP contribution in [-0.4, -0.2) is 11.3 Å². The van der Waals surface area contributed by atoms with E-state index in [9.17, 15) is 4.79 Å². The van der Waals surface area contributed by atoms with Gasteiger partial charge in [-0.3, -0.25) is 4.79 Å². The first-order valence-electron chi connectivity index (χ1n) is 4.66. The number of rotatable bonds is 2. The van der Waals surface area contributed by atoms with E-state index in [4.69, 9.17) is 4.42 Å². The van der Waals surface area contributed by atoms with Gasteiger partial charge in [-0.25, -0.2) is 4.98 Å². The molecule has 0 unspecified atom stereocenters. The van der Waals surface area contributed by atoms with Gasteiger partial charge in [0.2, 0.25) is 5.89 Å². The molecule has 3 heteroatoms. The summed E-state index contributed by atoms with van der Waals surface area (Å²) in [6, 6.07) is 0. The van der Waals surface area contributed by atoms with Crippen LogP contribution in [-0.2, 0) is 5.41 Å². The molecular weight excluding hydrogens is 166 g/mol. The summed E-state index contributed by atoms with van der Waals surface area (Å²) in [5, 5.41) is 0. The Labute approximate surface area is 77.2 Å². The predicted molar refractivity (Wildman–Crippen MR) is 47.7 cm³/mol. The summed E-state index contributed by atoms with van der Waals surface area (Å²) < 4.78 is 5.30. The van der Waals surface area contributed by atoms with Gasteiger partial charge in [0.15, 0.2) is 6.29 Å². The Balaban J connectivity index is 2.28. The second-order valence-corrected chi connectivity index (χ2v) is 3.96. The van der Waals surface area contributed by atoms with Crippen molar-refractivity contribution in [1.29, 1.82) is 0 Å². The molecule has 0 N–H and O–H groups in total. The number of aromatic nitrogens is 1. The highest BCUT2D eigenvalue weighted by molar-refractivity contribution is 5.70. The van der Waals surface area contributed by atoms with Crippen molar-refractivity contribution in [2.45, 2.75) is 38.0 Å². The third-order valence-corrected chi connectivity index (χ3v) is 2.87. The number of oxazole rings is 1. The molecule has 2 rings (SSSR count). The summed E-state index contributed by atoms with van der Waals surface area (Å²) in [5.74, 6) is 0.729. The van der Waals surface area contributed by atoms with Crippen molar-refractivity contribution < 1.29 is 9.21 Å². The third-order valence-electron chi connectivity index (χ3n) is 2.87. The molecule has 0 spiro atoms. The number of hydrogen-bond acceptors (Lipinski definition) is 3. The molecule has 0 amide bonds. The lowest BCUT2D eigenvalue weighted by Crippen LogP contribution is -2.17. The minimum absolute atomic E-state index is 0.0707. The summed E-state index contributed by atoms with van der Waals surface area (Å²) in [6.07, 6.45) is 6.86. The van der Waals surface area contributed by atoms with Crippen LogP contribution in [0, 0.1) is 0 Å². The van der Waals surface area contributed by atoms with E-state index in [-0.39, 0.29) is 5.41 Å². The van der Waals surface area contributed by atoms with Crippen LogP contribution in [0.3, 0.4) is 0 Å². The number of hydrogen-bond donors (Lipinski definition) is 0. The Morgan fingerprint density at radius 1 is 1.54 bits per heavy atom. The van der Waals surface area contributed by atoms with E-state index in [1.165, 1.54) is 19.1 Å². The molecule has 0 bridgehead atoms. The topological polar surface area (TPSA) is 43.1 Å². The molecule has 1 aromatic heterocycles. The molecule has 0 saturated heterocycles. The molecule has 1 saturated carbocycles. The lowest BCUT2D eigenvalue weighted by atomic mass is 9.89. The van der Waals surface area contributed by atoms with E-state index in [1.807, 2.05) is 0 Å². The van der Waals surface area contributed by atoms with Crippen LogP contribution in [0.1, 0.15) is 49.0 Å². The molecule has 1 aliphatic carbocycles. The molecule has 1 fully saturated rings. The van der Waals surface area contributed by atoms with Crippen LogP contribution in [0.5, 0.6) is 0 Å². The molecule has 0 radical (unpaired) electrons. The van der Waals surface area contributed by atoms with E-state index in [0.717, 1.165) is 25.0 Å². The van der Waals surface area contributed by atoms with Gasteiger partial charge >= 0.3 is 0 Å². The Morgan fingerprint density at radius 3 is 2.77 bits per heavy atom. The van der Waals surface area contributed by atoms with E-state index in [2.05, 4.69) is 11.9 Å². The van der Waals surface area contributed by atoms with Crippen molar-refractivity contribution in [1.82, 2.24) is 4.98 Å². The highest BCUT2D eigenvalue weighted by Crippen LogP contribution is 2.39. The summed E-state index contributed by atoms with van der Waals surface area (Å²) >= 11 is 0. The predicted octanol–water partition coefficient (Wildman–Crippen LogP) is 2.32. The van der Waals surface area contributed by atoms with Crippen LogP contribution in [0.2, 0.25) is 0 Å². The van der Waals surface area contributed by atoms with E-state index in [1.54, 1.807) is 0 Å². The largest absolute Gasteiger partial charge is 0.448 e. The summed E-state index contributed by atoms with van der Waals surface area (Å²) in [6.45, 7) is 2.15. The van der Waals surface area contributed by atoms with E-state index >= 15 is 0 Å². The average Bonchev–Trinajstić information content (AvgIpc) is 2.72. The molecular formula is C10H13NO2. The standard InChI is InChI=1S/C10H13NO2/c1-10(4-2-3-5-10)9-11-8(6-12)7-13-9/h6-7H,2-5H2,1H3. The van der Waals surface area contributed by atoms with E-state index < -0.39 is 0 Å². The summed E-state index contributed by atoms with van der Waals surface area (Å²) in [5.41, 5.74) is 0.476. The van der Waals surface area contributed by atoms with Crippen molar-refractivity contribution in [3.63, 3.8) is 0 Å². The van der Waals surface area contributed by atoms with Crippen molar-refractivity contribution in [3.8, 4) is 0 Å². The van der Waals surface area contributed by atoms with Crippen LogP contribution in [0.15, 0.2) is 10.7 Å². The molecule has 0 atom stereocenters. The first-order chi connectivity index (χ1) is 6.24. The summed E-state index contributed by atoms with van der Waals surface area (Å²) in [7, 11) is 0. The maximum atomic E-state index is 10.4. The fourth-order valence-electron chi connectivity index (χ4n) is 1.99. The van der Waals surface area contributed by atoms with Crippen LogP contribution < -0.4 is 0 Å². The van der Waals surface area contributed by atoms with Crippen molar-refractivity contribution in [3.05, 3.63) is 17.8 Å². The molecule has 1 heterocycles. The monoisotopic (exact) mass is 179 g/mol. The van der Waals surface area contributed by atoms with Crippen LogP contribution in [0.4, 0.5) is 0 Å². The molecule has 13 heavy (non-hydrogen) atoms. The maximum absolute atomic E-state index is 10.4. The third kappa shape index (κ3) is 1.39. The Hall–Kier alpha value is -1.12. The lowest BCUT2D eigenvalue weighted by Gasteiger charge is -2.17. The zero-order chi connectivity index (χ0) is 9.31. The molecule has 0 aromatic carbocycles. The minimum atomic E-state index is 0.0707. The molecule has 3 nitrogen and oxygen atoms in total. The summed E-state index contributed by atoms with van der Waals surface area (Å²) in [4.78, 5) is 14.6.